The van der Waals surface area contributed by atoms with Crippen LogP contribution in [0.3, 0.4) is 0 Å². The molecule has 1 saturated heterocycles. The van der Waals surface area contributed by atoms with Crippen molar-refractivity contribution in [2.75, 3.05) is 26.3 Å². The summed E-state index contributed by atoms with van der Waals surface area (Å²) in [5.74, 6) is -0.0468. The fraction of sp³-hybridized carbons (Fsp3) is 0.227. The van der Waals surface area contributed by atoms with Crippen molar-refractivity contribution in [2.24, 2.45) is 0 Å². The lowest BCUT2D eigenvalue weighted by molar-refractivity contribution is 0.0303. The largest absolute Gasteiger partial charge is 0.378 e. The Morgan fingerprint density at radius 2 is 1.76 bits per heavy atom. The lowest BCUT2D eigenvalue weighted by Gasteiger charge is -2.27. The predicted molar refractivity (Wildman–Crippen MR) is 109 cm³/mol. The van der Waals surface area contributed by atoms with Gasteiger partial charge in [-0.1, -0.05) is 30.3 Å². The highest BCUT2D eigenvalue weighted by molar-refractivity contribution is 5.97. The van der Waals surface area contributed by atoms with Crippen molar-refractivity contribution in [3.05, 3.63) is 82.3 Å². The van der Waals surface area contributed by atoms with E-state index in [1.807, 2.05) is 36.4 Å². The van der Waals surface area contributed by atoms with Gasteiger partial charge in [0.05, 0.1) is 37.0 Å². The smallest absolute Gasteiger partial charge is 0.277 e. The molecule has 29 heavy (non-hydrogen) atoms. The fourth-order valence-corrected chi connectivity index (χ4v) is 3.83. The Morgan fingerprint density at radius 3 is 2.55 bits per heavy atom. The van der Waals surface area contributed by atoms with E-state index in [4.69, 9.17) is 4.74 Å². The second kappa shape index (κ2) is 7.18. The first-order chi connectivity index (χ1) is 14.2. The third-order valence-electron chi connectivity index (χ3n) is 5.33. The molecule has 7 nitrogen and oxygen atoms in total. The number of amides is 1. The standard InChI is InChI=1S/C22H20N4O3/c27-21(24-10-12-29-13-11-24)17-6-7-18-20(14-17)25(15-16-4-2-1-3-5-16)22(28)19-8-9-23-26(18)19/h1-9,14H,10-13,15H2. The van der Waals surface area contributed by atoms with Gasteiger partial charge in [-0.15, -0.1) is 0 Å². The molecule has 1 aliphatic rings. The Hall–Kier alpha value is -3.45. The van der Waals surface area contributed by atoms with Crippen LogP contribution in [0.2, 0.25) is 0 Å². The van der Waals surface area contributed by atoms with Crippen molar-refractivity contribution in [1.29, 1.82) is 0 Å². The van der Waals surface area contributed by atoms with Gasteiger partial charge < -0.3 is 14.2 Å². The van der Waals surface area contributed by atoms with E-state index in [1.54, 1.807) is 38.4 Å². The highest BCUT2D eigenvalue weighted by atomic mass is 16.5. The van der Waals surface area contributed by atoms with Gasteiger partial charge in [0.2, 0.25) is 0 Å². The number of morpholine rings is 1. The van der Waals surface area contributed by atoms with Crippen LogP contribution in [0.15, 0.2) is 65.6 Å². The molecule has 5 rings (SSSR count). The molecule has 0 atom stereocenters. The summed E-state index contributed by atoms with van der Waals surface area (Å²) < 4.78 is 8.71. The summed E-state index contributed by atoms with van der Waals surface area (Å²) in [6.07, 6.45) is 1.62. The van der Waals surface area contributed by atoms with Crippen molar-refractivity contribution in [3.8, 4) is 0 Å². The molecule has 2 aromatic carbocycles. The number of benzene rings is 2. The minimum Gasteiger partial charge on any atom is -0.378 e. The Morgan fingerprint density at radius 1 is 0.966 bits per heavy atom. The zero-order valence-electron chi connectivity index (χ0n) is 15.8. The predicted octanol–water partition coefficient (Wildman–Crippen LogP) is 2.17. The molecule has 0 spiro atoms. The Bertz CT molecular complexity index is 1250. The summed E-state index contributed by atoms with van der Waals surface area (Å²) >= 11 is 0. The molecule has 0 aliphatic carbocycles. The molecule has 1 fully saturated rings. The Labute approximate surface area is 166 Å². The summed E-state index contributed by atoms with van der Waals surface area (Å²) in [7, 11) is 0. The van der Waals surface area contributed by atoms with E-state index < -0.39 is 0 Å². The molecule has 1 amide bonds. The number of nitrogens with zero attached hydrogens (tertiary/aromatic N) is 4. The van der Waals surface area contributed by atoms with E-state index >= 15 is 0 Å². The third-order valence-corrected chi connectivity index (χ3v) is 5.33. The Kier molecular flexibility index (Phi) is 4.37. The first-order valence-corrected chi connectivity index (χ1v) is 9.63. The normalized spacial score (nSPS) is 14.6. The molecule has 0 bridgehead atoms. The number of aromatic nitrogens is 3. The van der Waals surface area contributed by atoms with E-state index in [1.165, 1.54) is 0 Å². The number of ether oxygens (including phenoxy) is 1. The van der Waals surface area contributed by atoms with Crippen LogP contribution in [0.5, 0.6) is 0 Å². The van der Waals surface area contributed by atoms with Crippen molar-refractivity contribution < 1.29 is 9.53 Å². The zero-order valence-corrected chi connectivity index (χ0v) is 15.8. The minimum absolute atomic E-state index is 0.0468. The quantitative estimate of drug-likeness (QED) is 0.539. The number of hydrogen-bond acceptors (Lipinski definition) is 4. The molecule has 2 aromatic heterocycles. The van der Waals surface area contributed by atoms with E-state index in [2.05, 4.69) is 5.10 Å². The average molecular weight is 388 g/mol. The van der Waals surface area contributed by atoms with Gasteiger partial charge in [0, 0.05) is 18.7 Å². The first kappa shape index (κ1) is 17.6. The van der Waals surface area contributed by atoms with E-state index in [-0.39, 0.29) is 11.5 Å². The summed E-state index contributed by atoms with van der Waals surface area (Å²) in [5, 5.41) is 4.31. The lowest BCUT2D eigenvalue weighted by atomic mass is 10.1. The van der Waals surface area contributed by atoms with Crippen LogP contribution in [0, 0.1) is 0 Å². The maximum Gasteiger partial charge on any atom is 0.277 e. The SMILES string of the molecule is O=C(c1ccc2c(c1)n(Cc1ccccc1)c(=O)c1ccnn12)N1CCOCC1. The molecule has 4 aromatic rings. The van der Waals surface area contributed by atoms with E-state index in [9.17, 15) is 9.59 Å². The van der Waals surface area contributed by atoms with Gasteiger partial charge in [-0.05, 0) is 29.8 Å². The summed E-state index contributed by atoms with van der Waals surface area (Å²) in [4.78, 5) is 27.9. The van der Waals surface area contributed by atoms with Crippen LogP contribution in [0.4, 0.5) is 0 Å². The summed E-state index contributed by atoms with van der Waals surface area (Å²) in [6.45, 7) is 2.67. The van der Waals surface area contributed by atoms with Crippen LogP contribution in [-0.4, -0.2) is 51.3 Å². The van der Waals surface area contributed by atoms with Crippen LogP contribution in [-0.2, 0) is 11.3 Å². The molecule has 3 heterocycles. The van der Waals surface area contributed by atoms with Crippen LogP contribution < -0.4 is 5.56 Å². The number of hydrogen-bond donors (Lipinski definition) is 0. The topological polar surface area (TPSA) is 68.8 Å². The second-order valence-corrected chi connectivity index (χ2v) is 7.11. The number of rotatable bonds is 3. The average Bonchev–Trinajstić information content (AvgIpc) is 3.27. The minimum atomic E-state index is -0.130. The van der Waals surface area contributed by atoms with Gasteiger partial charge in [-0.3, -0.25) is 9.59 Å². The third kappa shape index (κ3) is 3.09. The van der Waals surface area contributed by atoms with Gasteiger partial charge in [0.1, 0.15) is 5.52 Å². The maximum absolute atomic E-state index is 13.2. The van der Waals surface area contributed by atoms with E-state index in [0.717, 1.165) is 11.1 Å². The van der Waals surface area contributed by atoms with Crippen LogP contribution in [0.25, 0.3) is 16.6 Å². The summed E-state index contributed by atoms with van der Waals surface area (Å²) in [5.41, 5.74) is 3.44. The Balaban J connectivity index is 1.68. The zero-order chi connectivity index (χ0) is 19.8. The lowest BCUT2D eigenvalue weighted by Crippen LogP contribution is -2.40. The molecule has 0 unspecified atom stereocenters. The maximum atomic E-state index is 13.2. The first-order valence-electron chi connectivity index (χ1n) is 9.63. The van der Waals surface area contributed by atoms with Gasteiger partial charge in [0.15, 0.2) is 0 Å². The summed E-state index contributed by atoms with van der Waals surface area (Å²) in [6, 6.07) is 17.0. The molecule has 7 heteroatoms. The molecule has 0 radical (unpaired) electrons. The number of carbonyl (C=O) groups excluding carboxylic acids is 1. The van der Waals surface area contributed by atoms with Crippen molar-refractivity contribution in [1.82, 2.24) is 19.1 Å². The van der Waals surface area contributed by atoms with Gasteiger partial charge in [-0.2, -0.15) is 5.10 Å². The van der Waals surface area contributed by atoms with Gasteiger partial charge in [-0.25, -0.2) is 4.52 Å². The van der Waals surface area contributed by atoms with Crippen molar-refractivity contribution in [3.63, 3.8) is 0 Å². The molecule has 0 saturated carbocycles. The van der Waals surface area contributed by atoms with E-state index in [0.29, 0.717) is 49.4 Å². The van der Waals surface area contributed by atoms with Crippen LogP contribution >= 0.6 is 0 Å². The monoisotopic (exact) mass is 388 g/mol. The molecule has 1 aliphatic heterocycles. The molecule has 0 N–H and O–H groups in total. The highest BCUT2D eigenvalue weighted by Gasteiger charge is 2.20. The second-order valence-electron chi connectivity index (χ2n) is 7.11. The van der Waals surface area contributed by atoms with Gasteiger partial charge in [0.25, 0.3) is 11.5 Å². The fourth-order valence-electron chi connectivity index (χ4n) is 3.83. The van der Waals surface area contributed by atoms with Crippen LogP contribution in [0.1, 0.15) is 15.9 Å². The van der Waals surface area contributed by atoms with Gasteiger partial charge >= 0.3 is 0 Å². The van der Waals surface area contributed by atoms with Crippen molar-refractivity contribution in [2.45, 2.75) is 6.54 Å². The number of fused-ring (bicyclic) bond motifs is 3. The molecular formula is C22H20N4O3. The number of carbonyl (C=O) groups is 1. The highest BCUT2D eigenvalue weighted by Crippen LogP contribution is 2.19. The van der Waals surface area contributed by atoms with Crippen molar-refractivity contribution >= 4 is 22.5 Å². The molecule has 146 valence electrons. The molecular weight excluding hydrogens is 368 g/mol.